The van der Waals surface area contributed by atoms with Crippen LogP contribution in [0.4, 0.5) is 5.69 Å². The van der Waals surface area contributed by atoms with Gasteiger partial charge in [-0.05, 0) is 24.6 Å². The van der Waals surface area contributed by atoms with Crippen molar-refractivity contribution in [3.63, 3.8) is 0 Å². The number of carbonyl (C=O) groups is 2. The molecule has 2 amide bonds. The second-order valence-electron chi connectivity index (χ2n) is 5.00. The molecular formula is C16H18N2O3. The maximum absolute atomic E-state index is 12.2. The van der Waals surface area contributed by atoms with Crippen molar-refractivity contribution in [2.24, 2.45) is 5.92 Å². The molecule has 1 aromatic rings. The highest BCUT2D eigenvalue weighted by atomic mass is 16.5. The molecule has 1 unspecified atom stereocenters. The summed E-state index contributed by atoms with van der Waals surface area (Å²) in [4.78, 5) is 25.7. The first-order valence-corrected chi connectivity index (χ1v) is 6.73. The van der Waals surface area contributed by atoms with E-state index in [2.05, 4.69) is 11.2 Å². The van der Waals surface area contributed by atoms with Crippen molar-refractivity contribution in [1.29, 1.82) is 0 Å². The predicted molar refractivity (Wildman–Crippen MR) is 80.0 cm³/mol. The molecular weight excluding hydrogens is 268 g/mol. The fourth-order valence-electron chi connectivity index (χ4n) is 2.41. The Morgan fingerprint density at radius 1 is 1.57 bits per heavy atom. The number of benzene rings is 1. The van der Waals surface area contributed by atoms with Gasteiger partial charge in [-0.3, -0.25) is 9.59 Å². The lowest BCUT2D eigenvalue weighted by atomic mass is 10.1. The molecule has 1 aromatic carbocycles. The Hall–Kier alpha value is -2.48. The number of aryl methyl sites for hydroxylation is 1. The Morgan fingerprint density at radius 2 is 2.33 bits per heavy atom. The molecule has 1 aliphatic rings. The third-order valence-electron chi connectivity index (χ3n) is 3.49. The molecule has 0 bridgehead atoms. The minimum atomic E-state index is -0.379. The van der Waals surface area contributed by atoms with E-state index in [1.165, 1.54) is 0 Å². The van der Waals surface area contributed by atoms with Crippen LogP contribution in [0.5, 0.6) is 5.75 Å². The van der Waals surface area contributed by atoms with Gasteiger partial charge in [0, 0.05) is 13.0 Å². The molecule has 1 aliphatic heterocycles. The van der Waals surface area contributed by atoms with Gasteiger partial charge in [0.15, 0.2) is 0 Å². The quantitative estimate of drug-likeness (QED) is 0.843. The van der Waals surface area contributed by atoms with E-state index >= 15 is 0 Å². The van der Waals surface area contributed by atoms with Crippen LogP contribution in [0.1, 0.15) is 12.0 Å². The summed E-state index contributed by atoms with van der Waals surface area (Å²) < 4.78 is 5.30. The summed E-state index contributed by atoms with van der Waals surface area (Å²) in [7, 11) is 1.56. The lowest BCUT2D eigenvalue weighted by Crippen LogP contribution is -2.33. The number of ether oxygens (including phenoxy) is 1. The molecule has 1 N–H and O–H groups in total. The number of anilines is 1. The zero-order chi connectivity index (χ0) is 15.4. The standard InChI is InChI=1S/C16H18N2O3/c1-4-7-17-16(20)12-9-15(19)18(10-12)13-8-11(2)5-6-14(13)21-3/h1,5-6,8,12H,7,9-10H2,2-3H3,(H,17,20). The van der Waals surface area contributed by atoms with Gasteiger partial charge in [0.25, 0.3) is 0 Å². The van der Waals surface area contributed by atoms with E-state index < -0.39 is 0 Å². The Kier molecular flexibility index (Phi) is 4.49. The fraction of sp³-hybridized carbons (Fsp3) is 0.375. The summed E-state index contributed by atoms with van der Waals surface area (Å²) >= 11 is 0. The molecule has 0 saturated carbocycles. The van der Waals surface area contributed by atoms with E-state index in [-0.39, 0.29) is 30.7 Å². The molecule has 0 aliphatic carbocycles. The topological polar surface area (TPSA) is 58.6 Å². The maximum atomic E-state index is 12.2. The molecule has 1 fully saturated rings. The van der Waals surface area contributed by atoms with Crippen LogP contribution in [0.3, 0.4) is 0 Å². The van der Waals surface area contributed by atoms with E-state index in [1.54, 1.807) is 12.0 Å². The first kappa shape index (κ1) is 14.9. The minimum Gasteiger partial charge on any atom is -0.495 e. The highest BCUT2D eigenvalue weighted by molar-refractivity contribution is 6.01. The van der Waals surface area contributed by atoms with E-state index in [4.69, 9.17) is 11.2 Å². The average molecular weight is 286 g/mol. The summed E-state index contributed by atoms with van der Waals surface area (Å²) in [6.45, 7) is 2.47. The number of hydrogen-bond donors (Lipinski definition) is 1. The second kappa shape index (κ2) is 6.31. The molecule has 0 aromatic heterocycles. The number of nitrogens with zero attached hydrogens (tertiary/aromatic N) is 1. The second-order valence-corrected chi connectivity index (χ2v) is 5.00. The highest BCUT2D eigenvalue weighted by Crippen LogP contribution is 2.33. The molecule has 0 radical (unpaired) electrons. The van der Waals surface area contributed by atoms with Crippen molar-refractivity contribution in [2.45, 2.75) is 13.3 Å². The molecule has 1 atom stereocenters. The van der Waals surface area contributed by atoms with Crippen LogP contribution in [-0.4, -0.2) is 32.0 Å². The van der Waals surface area contributed by atoms with Gasteiger partial charge in [0.1, 0.15) is 5.75 Å². The van der Waals surface area contributed by atoms with Crippen molar-refractivity contribution in [3.05, 3.63) is 23.8 Å². The average Bonchev–Trinajstić information content (AvgIpc) is 2.86. The van der Waals surface area contributed by atoms with Crippen LogP contribution in [-0.2, 0) is 9.59 Å². The number of hydrogen-bond acceptors (Lipinski definition) is 3. The van der Waals surface area contributed by atoms with Gasteiger partial charge in [-0.25, -0.2) is 0 Å². The summed E-state index contributed by atoms with van der Waals surface area (Å²) in [5.74, 6) is 2.33. The van der Waals surface area contributed by atoms with Crippen molar-refractivity contribution < 1.29 is 14.3 Å². The van der Waals surface area contributed by atoms with Crippen molar-refractivity contribution in [1.82, 2.24) is 5.32 Å². The summed E-state index contributed by atoms with van der Waals surface area (Å²) in [6, 6.07) is 5.63. The third-order valence-corrected chi connectivity index (χ3v) is 3.49. The summed E-state index contributed by atoms with van der Waals surface area (Å²) in [5.41, 5.74) is 1.73. The smallest absolute Gasteiger partial charge is 0.227 e. The molecule has 5 nitrogen and oxygen atoms in total. The van der Waals surface area contributed by atoms with Crippen LogP contribution >= 0.6 is 0 Å². The zero-order valence-corrected chi connectivity index (χ0v) is 12.2. The van der Waals surface area contributed by atoms with Gasteiger partial charge >= 0.3 is 0 Å². The maximum Gasteiger partial charge on any atom is 0.227 e. The number of carbonyl (C=O) groups excluding carboxylic acids is 2. The SMILES string of the molecule is C#CCNC(=O)C1CC(=O)N(c2cc(C)ccc2OC)C1. The van der Waals surface area contributed by atoms with Gasteiger partial charge in [0.05, 0.1) is 25.3 Å². The molecule has 21 heavy (non-hydrogen) atoms. The van der Waals surface area contributed by atoms with Crippen LogP contribution in [0, 0.1) is 25.2 Å². The molecule has 5 heteroatoms. The Balaban J connectivity index is 2.19. The molecule has 2 rings (SSSR count). The predicted octanol–water partition coefficient (Wildman–Crippen LogP) is 1.11. The van der Waals surface area contributed by atoms with E-state index in [0.717, 1.165) is 5.56 Å². The first-order chi connectivity index (χ1) is 10.1. The number of amides is 2. The minimum absolute atomic E-state index is 0.0836. The van der Waals surface area contributed by atoms with E-state index in [1.807, 2.05) is 25.1 Å². The van der Waals surface area contributed by atoms with Crippen LogP contribution < -0.4 is 15.0 Å². The molecule has 110 valence electrons. The highest BCUT2D eigenvalue weighted by Gasteiger charge is 2.36. The van der Waals surface area contributed by atoms with Gasteiger partial charge in [-0.1, -0.05) is 12.0 Å². The van der Waals surface area contributed by atoms with E-state index in [9.17, 15) is 9.59 Å². The number of methoxy groups -OCH3 is 1. The van der Waals surface area contributed by atoms with Crippen molar-refractivity contribution >= 4 is 17.5 Å². The number of nitrogens with one attached hydrogen (secondary N) is 1. The Labute approximate surface area is 124 Å². The number of rotatable bonds is 4. The monoisotopic (exact) mass is 286 g/mol. The molecule has 1 heterocycles. The molecule has 1 saturated heterocycles. The normalized spacial score (nSPS) is 17.5. The van der Waals surface area contributed by atoms with Crippen LogP contribution in [0.25, 0.3) is 0 Å². The van der Waals surface area contributed by atoms with Gasteiger partial charge in [-0.2, -0.15) is 0 Å². The van der Waals surface area contributed by atoms with E-state index in [0.29, 0.717) is 18.0 Å². The van der Waals surface area contributed by atoms with Crippen LogP contribution in [0.15, 0.2) is 18.2 Å². The van der Waals surface area contributed by atoms with Gasteiger partial charge in [0.2, 0.25) is 11.8 Å². The summed E-state index contributed by atoms with van der Waals surface area (Å²) in [6.07, 6.45) is 5.31. The van der Waals surface area contributed by atoms with Gasteiger partial charge in [-0.15, -0.1) is 6.42 Å². The fourth-order valence-corrected chi connectivity index (χ4v) is 2.41. The van der Waals surface area contributed by atoms with Gasteiger partial charge < -0.3 is 15.0 Å². The van der Waals surface area contributed by atoms with Crippen LogP contribution in [0.2, 0.25) is 0 Å². The number of terminal acetylenes is 1. The van der Waals surface area contributed by atoms with Crippen molar-refractivity contribution in [3.8, 4) is 18.1 Å². The zero-order valence-electron chi connectivity index (χ0n) is 12.2. The largest absolute Gasteiger partial charge is 0.495 e. The third kappa shape index (κ3) is 3.16. The Bertz CT molecular complexity index is 604. The lowest BCUT2D eigenvalue weighted by molar-refractivity contribution is -0.126. The lowest BCUT2D eigenvalue weighted by Gasteiger charge is -2.20. The first-order valence-electron chi connectivity index (χ1n) is 6.73. The summed E-state index contributed by atoms with van der Waals surface area (Å²) in [5, 5.41) is 2.62. The Morgan fingerprint density at radius 3 is 3.00 bits per heavy atom. The molecule has 0 spiro atoms. The van der Waals surface area contributed by atoms with Crippen molar-refractivity contribution in [2.75, 3.05) is 25.1 Å².